The SMILES string of the molecule is Cc1cc(Cl)c(N)c(OCC(F)(F)F)c1. The molecule has 0 amide bonds. The Kier molecular flexibility index (Phi) is 3.34. The predicted molar refractivity (Wildman–Crippen MR) is 52.2 cm³/mol. The van der Waals surface area contributed by atoms with Gasteiger partial charge in [0.05, 0.1) is 10.7 Å². The van der Waals surface area contributed by atoms with Crippen molar-refractivity contribution in [3.05, 3.63) is 22.7 Å². The van der Waals surface area contributed by atoms with E-state index in [0.29, 0.717) is 5.56 Å². The number of halogens is 4. The number of benzene rings is 1. The first-order valence-electron chi connectivity index (χ1n) is 4.05. The monoisotopic (exact) mass is 239 g/mol. The van der Waals surface area contributed by atoms with Crippen LogP contribution in [0.4, 0.5) is 18.9 Å². The summed E-state index contributed by atoms with van der Waals surface area (Å²) >= 11 is 5.68. The molecule has 0 fully saturated rings. The van der Waals surface area contributed by atoms with Crippen molar-refractivity contribution >= 4 is 17.3 Å². The molecule has 0 spiro atoms. The maximum absolute atomic E-state index is 11.9. The molecule has 1 aromatic carbocycles. The van der Waals surface area contributed by atoms with Gasteiger partial charge in [0.2, 0.25) is 0 Å². The van der Waals surface area contributed by atoms with E-state index in [0.717, 1.165) is 0 Å². The van der Waals surface area contributed by atoms with E-state index in [-0.39, 0.29) is 16.5 Å². The Morgan fingerprint density at radius 2 is 2.00 bits per heavy atom. The summed E-state index contributed by atoms with van der Waals surface area (Å²) in [4.78, 5) is 0. The number of hydrogen-bond acceptors (Lipinski definition) is 2. The molecule has 2 nitrogen and oxygen atoms in total. The summed E-state index contributed by atoms with van der Waals surface area (Å²) in [5, 5.41) is 0.187. The van der Waals surface area contributed by atoms with Crippen molar-refractivity contribution in [1.82, 2.24) is 0 Å². The second kappa shape index (κ2) is 4.18. The van der Waals surface area contributed by atoms with Crippen LogP contribution in [0.1, 0.15) is 5.56 Å². The largest absolute Gasteiger partial charge is 0.482 e. The van der Waals surface area contributed by atoms with Crippen molar-refractivity contribution in [1.29, 1.82) is 0 Å². The molecular formula is C9H9ClF3NO. The number of aryl methyl sites for hydroxylation is 1. The van der Waals surface area contributed by atoms with Gasteiger partial charge < -0.3 is 10.5 Å². The molecule has 0 saturated heterocycles. The van der Waals surface area contributed by atoms with Crippen molar-refractivity contribution in [2.45, 2.75) is 13.1 Å². The van der Waals surface area contributed by atoms with Gasteiger partial charge in [0.25, 0.3) is 0 Å². The van der Waals surface area contributed by atoms with Crippen LogP contribution in [0.3, 0.4) is 0 Å². The Balaban J connectivity index is 2.86. The number of alkyl halides is 3. The second-order valence-electron chi connectivity index (χ2n) is 3.06. The average molecular weight is 240 g/mol. The van der Waals surface area contributed by atoms with Crippen molar-refractivity contribution in [3.63, 3.8) is 0 Å². The van der Waals surface area contributed by atoms with Gasteiger partial charge >= 0.3 is 6.18 Å². The molecule has 6 heteroatoms. The highest BCUT2D eigenvalue weighted by Crippen LogP contribution is 2.31. The standard InChI is InChI=1S/C9H9ClF3NO/c1-5-2-6(10)8(14)7(3-5)15-4-9(11,12)13/h2-3H,4,14H2,1H3. The van der Waals surface area contributed by atoms with Crippen LogP contribution in [0, 0.1) is 6.92 Å². The maximum Gasteiger partial charge on any atom is 0.422 e. The van der Waals surface area contributed by atoms with Gasteiger partial charge in [0.15, 0.2) is 6.61 Å². The maximum atomic E-state index is 11.9. The third kappa shape index (κ3) is 3.51. The molecule has 0 aromatic heterocycles. The number of nitrogen functional groups attached to an aromatic ring is 1. The molecule has 0 unspecified atom stereocenters. The van der Waals surface area contributed by atoms with Crippen LogP contribution in [0.2, 0.25) is 5.02 Å². The van der Waals surface area contributed by atoms with Gasteiger partial charge in [0, 0.05) is 0 Å². The zero-order valence-electron chi connectivity index (χ0n) is 7.86. The summed E-state index contributed by atoms with van der Waals surface area (Å²) in [6.07, 6.45) is -4.39. The molecule has 0 atom stereocenters. The van der Waals surface area contributed by atoms with E-state index >= 15 is 0 Å². The number of rotatable bonds is 2. The first-order valence-corrected chi connectivity index (χ1v) is 4.42. The highest BCUT2D eigenvalue weighted by Gasteiger charge is 2.28. The summed E-state index contributed by atoms with van der Waals surface area (Å²) < 4.78 is 40.2. The number of ether oxygens (including phenoxy) is 1. The van der Waals surface area contributed by atoms with Crippen molar-refractivity contribution in [2.75, 3.05) is 12.3 Å². The molecule has 0 bridgehead atoms. The molecule has 0 saturated carbocycles. The zero-order chi connectivity index (χ0) is 11.6. The summed E-state index contributed by atoms with van der Waals surface area (Å²) in [6.45, 7) is 0.308. The molecule has 15 heavy (non-hydrogen) atoms. The number of nitrogens with two attached hydrogens (primary N) is 1. The fourth-order valence-corrected chi connectivity index (χ4v) is 1.27. The lowest BCUT2D eigenvalue weighted by Gasteiger charge is -2.12. The van der Waals surface area contributed by atoms with E-state index in [1.807, 2.05) is 0 Å². The lowest BCUT2D eigenvalue weighted by atomic mass is 10.2. The molecule has 0 heterocycles. The average Bonchev–Trinajstić information content (AvgIpc) is 2.07. The third-order valence-electron chi connectivity index (χ3n) is 1.63. The van der Waals surface area contributed by atoms with E-state index in [2.05, 4.69) is 4.74 Å². The van der Waals surface area contributed by atoms with Gasteiger partial charge in [-0.3, -0.25) is 0 Å². The fraction of sp³-hybridized carbons (Fsp3) is 0.333. The Morgan fingerprint density at radius 1 is 1.40 bits per heavy atom. The summed E-state index contributed by atoms with van der Waals surface area (Å²) in [5.74, 6) is -0.0441. The van der Waals surface area contributed by atoms with E-state index in [9.17, 15) is 13.2 Å². The Morgan fingerprint density at radius 3 is 2.53 bits per heavy atom. The molecule has 0 aliphatic heterocycles. The van der Waals surface area contributed by atoms with Crippen molar-refractivity contribution in [2.24, 2.45) is 0 Å². The lowest BCUT2D eigenvalue weighted by Crippen LogP contribution is -2.19. The Hall–Kier alpha value is -1.10. The van der Waals surface area contributed by atoms with E-state index < -0.39 is 12.8 Å². The second-order valence-corrected chi connectivity index (χ2v) is 3.47. The van der Waals surface area contributed by atoms with Crippen LogP contribution in [0.25, 0.3) is 0 Å². The quantitative estimate of drug-likeness (QED) is 0.805. The lowest BCUT2D eigenvalue weighted by molar-refractivity contribution is -0.153. The van der Waals surface area contributed by atoms with Crippen LogP contribution in [0.15, 0.2) is 12.1 Å². The summed E-state index contributed by atoms with van der Waals surface area (Å²) in [7, 11) is 0. The first-order chi connectivity index (χ1) is 6.79. The highest BCUT2D eigenvalue weighted by molar-refractivity contribution is 6.33. The van der Waals surface area contributed by atoms with Crippen molar-refractivity contribution < 1.29 is 17.9 Å². The number of anilines is 1. The zero-order valence-corrected chi connectivity index (χ0v) is 8.62. The Labute approximate surface area is 89.8 Å². The van der Waals surface area contributed by atoms with E-state index in [1.165, 1.54) is 6.07 Å². The predicted octanol–water partition coefficient (Wildman–Crippen LogP) is 3.17. The fourth-order valence-electron chi connectivity index (χ4n) is 1.00. The first kappa shape index (κ1) is 12.0. The summed E-state index contributed by atoms with van der Waals surface area (Å²) in [5.41, 5.74) is 6.16. The van der Waals surface area contributed by atoms with Crippen molar-refractivity contribution in [3.8, 4) is 5.75 Å². The minimum atomic E-state index is -4.39. The number of hydrogen-bond donors (Lipinski definition) is 1. The van der Waals surface area contributed by atoms with Crippen LogP contribution < -0.4 is 10.5 Å². The van der Waals surface area contributed by atoms with Gasteiger partial charge in [-0.05, 0) is 24.6 Å². The molecular weight excluding hydrogens is 231 g/mol. The molecule has 0 aliphatic carbocycles. The molecule has 1 rings (SSSR count). The van der Waals surface area contributed by atoms with Crippen LogP contribution in [-0.2, 0) is 0 Å². The van der Waals surface area contributed by atoms with Gasteiger partial charge in [-0.25, -0.2) is 0 Å². The van der Waals surface area contributed by atoms with Crippen LogP contribution in [0.5, 0.6) is 5.75 Å². The van der Waals surface area contributed by atoms with Crippen LogP contribution >= 0.6 is 11.6 Å². The van der Waals surface area contributed by atoms with E-state index in [4.69, 9.17) is 17.3 Å². The Bertz CT molecular complexity index is 365. The van der Waals surface area contributed by atoms with Gasteiger partial charge in [-0.15, -0.1) is 0 Å². The minimum absolute atomic E-state index is 0.0199. The topological polar surface area (TPSA) is 35.2 Å². The van der Waals surface area contributed by atoms with Gasteiger partial charge in [-0.2, -0.15) is 13.2 Å². The molecule has 0 radical (unpaired) electrons. The molecule has 2 N–H and O–H groups in total. The van der Waals surface area contributed by atoms with E-state index in [1.54, 1.807) is 13.0 Å². The molecule has 84 valence electrons. The van der Waals surface area contributed by atoms with Crippen LogP contribution in [-0.4, -0.2) is 12.8 Å². The minimum Gasteiger partial charge on any atom is -0.482 e. The van der Waals surface area contributed by atoms with Gasteiger partial charge in [-0.1, -0.05) is 11.6 Å². The summed E-state index contributed by atoms with van der Waals surface area (Å²) in [6, 6.07) is 2.96. The molecule has 1 aromatic rings. The highest BCUT2D eigenvalue weighted by atomic mass is 35.5. The third-order valence-corrected chi connectivity index (χ3v) is 1.94. The van der Waals surface area contributed by atoms with Gasteiger partial charge in [0.1, 0.15) is 5.75 Å². The smallest absolute Gasteiger partial charge is 0.422 e. The normalized spacial score (nSPS) is 11.5. The molecule has 0 aliphatic rings.